The lowest BCUT2D eigenvalue weighted by Gasteiger charge is -2.41. The molecule has 2 aromatic carbocycles. The number of anilines is 1. The van der Waals surface area contributed by atoms with Gasteiger partial charge in [0.15, 0.2) is 6.10 Å². The zero-order valence-corrected chi connectivity index (χ0v) is 59.7. The average Bonchev–Trinajstić information content (AvgIpc) is 1.36. The first-order valence-corrected chi connectivity index (χ1v) is 34.3. The van der Waals surface area contributed by atoms with Gasteiger partial charge in [-0.2, -0.15) is 0 Å². The van der Waals surface area contributed by atoms with Crippen molar-refractivity contribution >= 4 is 76.3 Å². The van der Waals surface area contributed by atoms with Crippen molar-refractivity contribution in [3.05, 3.63) is 88.4 Å². The summed E-state index contributed by atoms with van der Waals surface area (Å²) in [5.74, 6) is -8.30. The second kappa shape index (κ2) is 36.4. The van der Waals surface area contributed by atoms with Crippen LogP contribution in [0.1, 0.15) is 124 Å². The van der Waals surface area contributed by atoms with E-state index >= 15 is 4.79 Å². The van der Waals surface area contributed by atoms with Gasteiger partial charge in [-0.15, -0.1) is 11.3 Å². The molecule has 0 bridgehead atoms. The van der Waals surface area contributed by atoms with Crippen LogP contribution in [0.4, 0.5) is 10.5 Å². The Labute approximate surface area is 582 Å². The Morgan fingerprint density at radius 2 is 1.51 bits per heavy atom. The number of carbonyl (C=O) groups is 10. The van der Waals surface area contributed by atoms with E-state index in [9.17, 15) is 63.6 Å². The second-order valence-electron chi connectivity index (χ2n) is 27.1. The molecule has 0 saturated carbocycles. The predicted molar refractivity (Wildman–Crippen MR) is 363 cm³/mol. The van der Waals surface area contributed by atoms with Crippen LogP contribution in [0.3, 0.4) is 0 Å². The number of aliphatic hydroxyl groups is 3. The summed E-state index contributed by atoms with van der Waals surface area (Å²) in [6.07, 6.45) is -6.97. The number of hydrogen-bond acceptors (Lipinski definition) is 21. The molecule has 4 heterocycles. The number of carboxylic acids is 1. The van der Waals surface area contributed by atoms with Gasteiger partial charge < -0.3 is 80.5 Å². The number of methoxy groups -OCH3 is 2. The van der Waals surface area contributed by atoms with Gasteiger partial charge in [0.05, 0.1) is 60.9 Å². The lowest BCUT2D eigenvalue weighted by Crippen LogP contribution is -2.61. The van der Waals surface area contributed by atoms with Gasteiger partial charge in [-0.1, -0.05) is 91.3 Å². The molecule has 3 aliphatic heterocycles. The number of likely N-dealkylation sites (N-methyl/N-ethyl adjacent to an activating group) is 2. The summed E-state index contributed by atoms with van der Waals surface area (Å²) in [6.45, 7) is 17.3. The van der Waals surface area contributed by atoms with E-state index in [1.54, 1.807) is 89.7 Å². The fourth-order valence-electron chi connectivity index (χ4n) is 12.7. The molecule has 29 nitrogen and oxygen atoms in total. The molecule has 3 aromatic rings. The van der Waals surface area contributed by atoms with Gasteiger partial charge in [0.1, 0.15) is 46.8 Å². The molecule has 0 spiro atoms. The Hall–Kier alpha value is -7.97. The standard InChI is InChI=1S/C69H100N10O19S/c1-15-39(6)55(48(94-13)34-52(83)78-30-19-22-45(78)59(95-14)40(7)61(87)74-44(64-71-29-31-99-64)32-41-20-17-16-18-21-41)77(12)65(90)53(37(2)3)75-63(89)54(38(4)5)76(11)36-42-23-24-47(96-67-58(86)56(84)57(85)60(97-67)66(91)92)43(33-42)73-49(80)27-28-70-62(88)46(79-50(81)25-26-51(79)82)35-72-68(93)98-69(8,9)10/h16-18,20-21,23-26,29,31,33,37-40,44-46,48,53-60,67,84-86H,15,19,22,27-28,30,32,34-36H2,1-14H3,(H,70,88)(H,72,93)(H,73,80)(H,74,87)(H,75,89)(H,91,92)/t39-,40+,44-,45-,46-,48+,53-,54-,55-,56-,57-,58+,59+,60-,67+/m0/s1. The Balaban J connectivity index is 1.17. The molecule has 546 valence electrons. The van der Waals surface area contributed by atoms with E-state index in [-0.39, 0.29) is 60.6 Å². The first kappa shape index (κ1) is 80.0. The number of imide groups is 1. The molecule has 0 aliphatic carbocycles. The van der Waals surface area contributed by atoms with Crippen LogP contribution in [0, 0.1) is 23.7 Å². The minimum Gasteiger partial charge on any atom is -0.479 e. The van der Waals surface area contributed by atoms with Crippen molar-refractivity contribution in [2.45, 2.75) is 199 Å². The molecule has 0 unspecified atom stereocenters. The van der Waals surface area contributed by atoms with Gasteiger partial charge in [0.2, 0.25) is 41.7 Å². The zero-order valence-electron chi connectivity index (χ0n) is 58.9. The van der Waals surface area contributed by atoms with E-state index in [1.807, 2.05) is 63.4 Å². The Morgan fingerprint density at radius 3 is 2.09 bits per heavy atom. The number of benzene rings is 2. The van der Waals surface area contributed by atoms with Crippen molar-refractivity contribution in [2.24, 2.45) is 23.7 Å². The van der Waals surface area contributed by atoms with Crippen molar-refractivity contribution in [1.29, 1.82) is 0 Å². The molecule has 6 rings (SSSR count). The summed E-state index contributed by atoms with van der Waals surface area (Å²) in [6, 6.07) is 9.16. The number of rotatable bonds is 34. The minimum atomic E-state index is -2.05. The molecule has 0 radical (unpaired) electrons. The molecule has 2 fully saturated rings. The Morgan fingerprint density at radius 1 is 0.828 bits per heavy atom. The monoisotopic (exact) mass is 1400 g/mol. The maximum atomic E-state index is 15.1. The highest BCUT2D eigenvalue weighted by atomic mass is 32.1. The van der Waals surface area contributed by atoms with E-state index in [0.717, 1.165) is 22.7 Å². The number of alkyl carbamates (subject to hydrolysis) is 1. The maximum absolute atomic E-state index is 15.1. The SMILES string of the molecule is CC[C@H](C)[C@@H]([C@@H](CC(=O)N1CCC[C@H]1[C@H](OC)[C@@H](C)C(=O)N[C@@H](Cc1ccccc1)c1nccs1)OC)N(C)C(=O)[C@@H](NC(=O)[C@H](C(C)C)N(C)Cc1ccc(O[C@@H]2O[C@H](C(=O)O)[C@@H](O)[C@H](O)[C@H]2O)c(NC(=O)CCNC(=O)[C@H](CNC(=O)OC(C)(C)C)N2C(=O)C=CC2=O)c1)C(C)C. The van der Waals surface area contributed by atoms with E-state index in [0.29, 0.717) is 42.7 Å². The summed E-state index contributed by atoms with van der Waals surface area (Å²) in [4.78, 5) is 146. The number of carboxylic acid groups (broad SMARTS) is 1. The van der Waals surface area contributed by atoms with Crippen LogP contribution in [0.25, 0.3) is 0 Å². The summed E-state index contributed by atoms with van der Waals surface area (Å²) in [5, 5.41) is 58.1. The summed E-state index contributed by atoms with van der Waals surface area (Å²) >= 11 is 1.46. The molecule has 9 N–H and O–H groups in total. The number of hydrogen-bond donors (Lipinski definition) is 9. The Bertz CT molecular complexity index is 3280. The van der Waals surface area contributed by atoms with Gasteiger partial charge in [-0.3, -0.25) is 48.2 Å². The van der Waals surface area contributed by atoms with Crippen LogP contribution in [0.5, 0.6) is 5.75 Å². The summed E-state index contributed by atoms with van der Waals surface area (Å²) in [5.41, 5.74) is 0.463. The van der Waals surface area contributed by atoms with Crippen molar-refractivity contribution in [3.63, 3.8) is 0 Å². The third-order valence-corrected chi connectivity index (χ3v) is 18.9. The fraction of sp³-hybridized carbons (Fsp3) is 0.609. The lowest BCUT2D eigenvalue weighted by molar-refractivity contribution is -0.271. The smallest absolute Gasteiger partial charge is 0.407 e. The number of aromatic nitrogens is 1. The third-order valence-electron chi connectivity index (χ3n) is 18.0. The van der Waals surface area contributed by atoms with E-state index in [1.165, 1.54) is 30.6 Å². The molecular weight excluding hydrogens is 1300 g/mol. The number of nitrogens with zero attached hydrogens (tertiary/aromatic N) is 5. The van der Waals surface area contributed by atoms with Gasteiger partial charge >= 0.3 is 12.1 Å². The van der Waals surface area contributed by atoms with Crippen LogP contribution >= 0.6 is 11.3 Å². The second-order valence-corrected chi connectivity index (χ2v) is 28.0. The first-order valence-electron chi connectivity index (χ1n) is 33.4. The molecule has 1 aromatic heterocycles. The van der Waals surface area contributed by atoms with Crippen molar-refractivity contribution in [2.75, 3.05) is 53.3 Å². The van der Waals surface area contributed by atoms with Crippen molar-refractivity contribution < 1.29 is 92.1 Å². The average molecular weight is 1410 g/mol. The van der Waals surface area contributed by atoms with Crippen molar-refractivity contribution in [3.8, 4) is 5.75 Å². The number of nitrogens with one attached hydrogen (secondary N) is 5. The predicted octanol–water partition coefficient (Wildman–Crippen LogP) is 3.29. The highest BCUT2D eigenvalue weighted by Gasteiger charge is 2.49. The van der Waals surface area contributed by atoms with Gasteiger partial charge in [0, 0.05) is 71.1 Å². The summed E-state index contributed by atoms with van der Waals surface area (Å²) in [7, 11) is 6.36. The molecule has 99 heavy (non-hydrogen) atoms. The van der Waals surface area contributed by atoms with E-state index in [4.69, 9.17) is 23.7 Å². The molecule has 3 aliphatic rings. The van der Waals surface area contributed by atoms with Crippen molar-refractivity contribution in [1.82, 2.24) is 45.9 Å². The summed E-state index contributed by atoms with van der Waals surface area (Å²) < 4.78 is 28.8. The number of aliphatic carboxylic acids is 1. The number of thiazole rings is 1. The van der Waals surface area contributed by atoms with Crippen LogP contribution < -0.4 is 31.3 Å². The van der Waals surface area contributed by atoms with Gasteiger partial charge in [-0.05, 0) is 88.1 Å². The largest absolute Gasteiger partial charge is 0.479 e. The molecular formula is C69H100N10O19S. The fourth-order valence-corrected chi connectivity index (χ4v) is 13.4. The van der Waals surface area contributed by atoms with E-state index in [2.05, 4.69) is 31.6 Å². The third kappa shape index (κ3) is 21.3. The molecule has 15 atom stereocenters. The minimum absolute atomic E-state index is 0.00299. The number of aliphatic hydroxyl groups excluding tert-OH is 3. The van der Waals surface area contributed by atoms with Gasteiger partial charge in [0.25, 0.3) is 11.8 Å². The quantitative estimate of drug-likeness (QED) is 0.0387. The number of likely N-dealkylation sites (tertiary alicyclic amines) is 1. The van der Waals surface area contributed by atoms with E-state index < -0.39 is 151 Å². The number of carbonyl (C=O) groups excluding carboxylic acids is 9. The van der Waals surface area contributed by atoms with Crippen LogP contribution in [-0.4, -0.2) is 231 Å². The Kier molecular flexibility index (Phi) is 29.4. The first-order chi connectivity index (χ1) is 46.7. The lowest BCUT2D eigenvalue weighted by atomic mass is 9.89. The van der Waals surface area contributed by atoms with Crippen LogP contribution in [-0.2, 0) is 75.1 Å². The molecule has 2 saturated heterocycles. The normalized spacial score (nSPS) is 21.4. The zero-order chi connectivity index (χ0) is 73.3. The maximum Gasteiger partial charge on any atom is 0.407 e. The topological polar surface area (TPSA) is 384 Å². The van der Waals surface area contributed by atoms with Crippen LogP contribution in [0.15, 0.2) is 72.3 Å². The molecule has 9 amide bonds. The number of amides is 9. The van der Waals surface area contributed by atoms with Gasteiger partial charge in [-0.25, -0.2) is 14.6 Å². The molecule has 30 heteroatoms. The number of ether oxygens (including phenoxy) is 5. The highest BCUT2D eigenvalue weighted by molar-refractivity contribution is 7.09. The highest BCUT2D eigenvalue weighted by Crippen LogP contribution is 2.34. The van der Waals surface area contributed by atoms with Crippen LogP contribution in [0.2, 0.25) is 0 Å².